The van der Waals surface area contributed by atoms with Gasteiger partial charge in [0, 0.05) is 17.3 Å². The first-order valence-electron chi connectivity index (χ1n) is 7.14. The molecule has 1 aliphatic rings. The quantitative estimate of drug-likeness (QED) is 0.937. The van der Waals surface area contributed by atoms with Gasteiger partial charge < -0.3 is 10.3 Å². The molecule has 6 heteroatoms. The summed E-state index contributed by atoms with van der Waals surface area (Å²) in [6, 6.07) is 0. The van der Waals surface area contributed by atoms with E-state index < -0.39 is 0 Å². The van der Waals surface area contributed by atoms with Crippen LogP contribution in [-0.4, -0.2) is 20.7 Å². The Bertz CT molecular complexity index is 571. The van der Waals surface area contributed by atoms with Gasteiger partial charge in [0.1, 0.15) is 0 Å². The lowest BCUT2D eigenvalue weighted by atomic mass is 9.80. The summed E-state index contributed by atoms with van der Waals surface area (Å²) in [6.45, 7) is 2.00. The minimum atomic E-state index is -0.153. The van der Waals surface area contributed by atoms with Gasteiger partial charge in [-0.3, -0.25) is 0 Å². The Labute approximate surface area is 122 Å². The first-order chi connectivity index (χ1) is 9.63. The fraction of sp³-hybridized carbons (Fsp3) is 0.643. The predicted octanol–water partition coefficient (Wildman–Crippen LogP) is 2.63. The maximum Gasteiger partial charge on any atom is 0.228 e. The monoisotopic (exact) mass is 292 g/mol. The molecule has 0 bridgehead atoms. The summed E-state index contributed by atoms with van der Waals surface area (Å²) < 4.78 is 5.35. The van der Waals surface area contributed by atoms with E-state index in [1.165, 1.54) is 19.3 Å². The molecule has 5 nitrogen and oxygen atoms in total. The Morgan fingerprint density at radius 3 is 2.80 bits per heavy atom. The van der Waals surface area contributed by atoms with E-state index in [0.29, 0.717) is 24.6 Å². The fourth-order valence-corrected chi connectivity index (χ4v) is 3.43. The van der Waals surface area contributed by atoms with Crippen LogP contribution in [0.15, 0.2) is 9.90 Å². The highest BCUT2D eigenvalue weighted by Gasteiger charge is 2.30. The van der Waals surface area contributed by atoms with E-state index in [1.807, 2.05) is 12.3 Å². The van der Waals surface area contributed by atoms with E-state index in [9.17, 15) is 0 Å². The molecule has 0 aromatic carbocycles. The lowest BCUT2D eigenvalue weighted by Gasteiger charge is -2.31. The van der Waals surface area contributed by atoms with Gasteiger partial charge in [0.15, 0.2) is 5.82 Å². The highest BCUT2D eigenvalue weighted by atomic mass is 32.1. The molecular formula is C14H20N4OS. The molecule has 0 saturated heterocycles. The molecule has 0 unspecified atom stereocenters. The summed E-state index contributed by atoms with van der Waals surface area (Å²) in [7, 11) is 0. The Hall–Kier alpha value is -1.27. The third-order valence-electron chi connectivity index (χ3n) is 3.87. The van der Waals surface area contributed by atoms with E-state index in [2.05, 4.69) is 15.1 Å². The maximum atomic E-state index is 6.42. The van der Waals surface area contributed by atoms with Gasteiger partial charge in [0.2, 0.25) is 5.89 Å². The molecule has 20 heavy (non-hydrogen) atoms. The zero-order valence-corrected chi connectivity index (χ0v) is 12.6. The van der Waals surface area contributed by atoms with Gasteiger partial charge in [-0.2, -0.15) is 4.98 Å². The smallest absolute Gasteiger partial charge is 0.228 e. The van der Waals surface area contributed by atoms with Crippen LogP contribution in [0.4, 0.5) is 0 Å². The first kappa shape index (κ1) is 13.7. The number of hydrogen-bond donors (Lipinski definition) is 1. The second-order valence-electron chi connectivity index (χ2n) is 5.74. The summed E-state index contributed by atoms with van der Waals surface area (Å²) in [6.07, 6.45) is 7.12. The molecule has 2 heterocycles. The summed E-state index contributed by atoms with van der Waals surface area (Å²) in [5, 5.41) is 7.14. The van der Waals surface area contributed by atoms with Crippen molar-refractivity contribution in [1.82, 2.24) is 15.1 Å². The Kier molecular flexibility index (Phi) is 3.85. The number of thiazole rings is 1. The maximum absolute atomic E-state index is 6.42. The molecule has 1 aliphatic carbocycles. The second-order valence-corrected chi connectivity index (χ2v) is 6.80. The van der Waals surface area contributed by atoms with Crippen molar-refractivity contribution in [1.29, 1.82) is 0 Å². The van der Waals surface area contributed by atoms with Crippen molar-refractivity contribution in [3.63, 3.8) is 0 Å². The van der Waals surface area contributed by atoms with Crippen molar-refractivity contribution >= 4 is 11.3 Å². The third kappa shape index (κ3) is 3.24. The molecular weight excluding hydrogens is 272 g/mol. The molecule has 2 N–H and O–H groups in total. The van der Waals surface area contributed by atoms with Crippen LogP contribution in [0.2, 0.25) is 0 Å². The zero-order valence-electron chi connectivity index (χ0n) is 11.8. The lowest BCUT2D eigenvalue weighted by Crippen LogP contribution is -2.43. The molecule has 108 valence electrons. The van der Waals surface area contributed by atoms with Crippen LogP contribution in [0.5, 0.6) is 0 Å². The minimum absolute atomic E-state index is 0.153. The van der Waals surface area contributed by atoms with Gasteiger partial charge in [-0.05, 0) is 19.8 Å². The second kappa shape index (κ2) is 5.61. The number of hydrogen-bond acceptors (Lipinski definition) is 6. The molecule has 3 rings (SSSR count). The van der Waals surface area contributed by atoms with Gasteiger partial charge in [-0.1, -0.05) is 24.4 Å². The van der Waals surface area contributed by atoms with E-state index in [1.54, 1.807) is 11.3 Å². The van der Waals surface area contributed by atoms with E-state index in [4.69, 9.17) is 10.3 Å². The van der Waals surface area contributed by atoms with Crippen LogP contribution < -0.4 is 5.73 Å². The number of rotatable bonds is 4. The average Bonchev–Trinajstić information content (AvgIpc) is 3.00. The number of aromatic nitrogens is 3. The molecule has 0 amide bonds. The standard InChI is InChI=1S/C14H20N4OS/c1-10-16-11(9-20-10)7-12-17-13(19-18-12)8-14(15)5-3-2-4-6-14/h9H,2-8,15H2,1H3. The van der Waals surface area contributed by atoms with Gasteiger partial charge in [0.05, 0.1) is 17.1 Å². The van der Waals surface area contributed by atoms with Crippen LogP contribution in [-0.2, 0) is 12.8 Å². The van der Waals surface area contributed by atoms with Crippen molar-refractivity contribution in [2.24, 2.45) is 5.73 Å². The molecule has 1 saturated carbocycles. The minimum Gasteiger partial charge on any atom is -0.339 e. The molecule has 2 aromatic heterocycles. The van der Waals surface area contributed by atoms with Crippen LogP contribution in [0, 0.1) is 6.92 Å². The number of nitrogens with two attached hydrogens (primary N) is 1. The van der Waals surface area contributed by atoms with E-state index in [0.717, 1.165) is 23.5 Å². The zero-order chi connectivity index (χ0) is 14.0. The first-order valence-corrected chi connectivity index (χ1v) is 8.02. The fourth-order valence-electron chi connectivity index (χ4n) is 2.82. The summed E-state index contributed by atoms with van der Waals surface area (Å²) >= 11 is 1.64. The van der Waals surface area contributed by atoms with Crippen molar-refractivity contribution in [3.8, 4) is 0 Å². The Balaban J connectivity index is 1.64. The van der Waals surface area contributed by atoms with Gasteiger partial charge in [-0.15, -0.1) is 11.3 Å². The Morgan fingerprint density at radius 1 is 1.30 bits per heavy atom. The molecule has 0 atom stereocenters. The molecule has 2 aromatic rings. The Morgan fingerprint density at radius 2 is 2.10 bits per heavy atom. The molecule has 0 spiro atoms. The van der Waals surface area contributed by atoms with Gasteiger partial charge >= 0.3 is 0 Å². The molecule has 1 fully saturated rings. The van der Waals surface area contributed by atoms with E-state index >= 15 is 0 Å². The van der Waals surface area contributed by atoms with Gasteiger partial charge in [0.25, 0.3) is 0 Å². The number of aryl methyl sites for hydroxylation is 1. The summed E-state index contributed by atoms with van der Waals surface area (Å²) in [5.74, 6) is 1.36. The van der Waals surface area contributed by atoms with Crippen LogP contribution in [0.3, 0.4) is 0 Å². The summed E-state index contributed by atoms with van der Waals surface area (Å²) in [5.41, 5.74) is 7.26. The van der Waals surface area contributed by atoms with Gasteiger partial charge in [-0.25, -0.2) is 4.98 Å². The molecule has 0 radical (unpaired) electrons. The largest absolute Gasteiger partial charge is 0.339 e. The van der Waals surface area contributed by atoms with Crippen LogP contribution in [0.1, 0.15) is 54.5 Å². The van der Waals surface area contributed by atoms with Crippen molar-refractivity contribution in [2.75, 3.05) is 0 Å². The predicted molar refractivity (Wildman–Crippen MR) is 77.7 cm³/mol. The van der Waals surface area contributed by atoms with Crippen molar-refractivity contribution < 1.29 is 4.52 Å². The van der Waals surface area contributed by atoms with Crippen LogP contribution >= 0.6 is 11.3 Å². The highest BCUT2D eigenvalue weighted by Crippen LogP contribution is 2.28. The average molecular weight is 292 g/mol. The lowest BCUT2D eigenvalue weighted by molar-refractivity contribution is 0.260. The van der Waals surface area contributed by atoms with Crippen molar-refractivity contribution in [2.45, 2.75) is 57.4 Å². The number of nitrogens with zero attached hydrogens (tertiary/aromatic N) is 3. The highest BCUT2D eigenvalue weighted by molar-refractivity contribution is 7.09. The van der Waals surface area contributed by atoms with Crippen molar-refractivity contribution in [3.05, 3.63) is 27.8 Å². The van der Waals surface area contributed by atoms with Crippen LogP contribution in [0.25, 0.3) is 0 Å². The normalized spacial score (nSPS) is 18.3. The summed E-state index contributed by atoms with van der Waals surface area (Å²) in [4.78, 5) is 8.88. The SMILES string of the molecule is Cc1nc(Cc2noc(CC3(N)CCCCC3)n2)cs1. The topological polar surface area (TPSA) is 77.8 Å². The molecule has 0 aliphatic heterocycles. The third-order valence-corrected chi connectivity index (χ3v) is 4.69. The van der Waals surface area contributed by atoms with E-state index in [-0.39, 0.29) is 5.54 Å².